The number of fused-ring (bicyclic) bond motifs is 1. The molecule has 30 heavy (non-hydrogen) atoms. The second-order valence-corrected chi connectivity index (χ2v) is 7.58. The molecule has 1 atom stereocenters. The quantitative estimate of drug-likeness (QED) is 0.500. The standard InChI is InChI=1S/C25H25N3O2/c1-15-14-19(11-13-21(15)30-4)23(28-22-7-5-6-16(2)26-22)20-12-10-18-9-8-17(3)27-24(18)25(20)29/h5-14,23,29H,1-4H3,(H,26,28)/p+1/t23-/m1/s1. The van der Waals surface area contributed by atoms with Crippen LogP contribution in [0.3, 0.4) is 0 Å². The van der Waals surface area contributed by atoms with Gasteiger partial charge in [-0.15, -0.1) is 0 Å². The molecule has 0 aliphatic heterocycles. The molecule has 0 bridgehead atoms. The third-order valence-corrected chi connectivity index (χ3v) is 5.31. The number of aromatic nitrogens is 2. The van der Waals surface area contributed by atoms with Gasteiger partial charge in [-0.1, -0.05) is 24.3 Å². The first-order valence-electron chi connectivity index (χ1n) is 9.95. The number of ether oxygens (including phenoxy) is 1. The highest BCUT2D eigenvalue weighted by Crippen LogP contribution is 2.37. The smallest absolute Gasteiger partial charge is 0.273 e. The predicted octanol–water partition coefficient (Wildman–Crippen LogP) is 4.89. The minimum Gasteiger partial charge on any atom is -0.505 e. The van der Waals surface area contributed by atoms with Gasteiger partial charge in [0.2, 0.25) is 0 Å². The zero-order valence-corrected chi connectivity index (χ0v) is 17.7. The van der Waals surface area contributed by atoms with Crippen molar-refractivity contribution in [3.05, 3.63) is 88.7 Å². The van der Waals surface area contributed by atoms with Crippen molar-refractivity contribution < 1.29 is 14.8 Å². The van der Waals surface area contributed by atoms with Crippen molar-refractivity contribution in [2.24, 2.45) is 0 Å². The second kappa shape index (κ2) is 8.03. The number of anilines is 1. The van der Waals surface area contributed by atoms with Crippen LogP contribution in [0.5, 0.6) is 11.5 Å². The van der Waals surface area contributed by atoms with Crippen molar-refractivity contribution in [1.29, 1.82) is 0 Å². The molecule has 0 aliphatic rings. The normalized spacial score (nSPS) is 12.0. The van der Waals surface area contributed by atoms with Gasteiger partial charge in [-0.05, 0) is 56.7 Å². The van der Waals surface area contributed by atoms with Gasteiger partial charge in [0, 0.05) is 28.3 Å². The lowest BCUT2D eigenvalue weighted by Gasteiger charge is -2.19. The first-order valence-corrected chi connectivity index (χ1v) is 9.95. The van der Waals surface area contributed by atoms with Crippen LogP contribution in [-0.2, 0) is 0 Å². The molecule has 5 nitrogen and oxygen atoms in total. The summed E-state index contributed by atoms with van der Waals surface area (Å²) in [5.41, 5.74) is 5.34. The molecule has 4 aromatic rings. The van der Waals surface area contributed by atoms with E-state index in [1.807, 2.05) is 75.4 Å². The van der Waals surface area contributed by atoms with Gasteiger partial charge in [0.25, 0.3) is 5.82 Å². The van der Waals surface area contributed by atoms with Gasteiger partial charge in [0.15, 0.2) is 0 Å². The van der Waals surface area contributed by atoms with Gasteiger partial charge in [0.05, 0.1) is 12.8 Å². The van der Waals surface area contributed by atoms with Gasteiger partial charge in [0.1, 0.15) is 23.1 Å². The van der Waals surface area contributed by atoms with Crippen LogP contribution in [0.2, 0.25) is 0 Å². The van der Waals surface area contributed by atoms with Crippen LogP contribution in [0.4, 0.5) is 5.82 Å². The van der Waals surface area contributed by atoms with Crippen molar-refractivity contribution in [3.8, 4) is 11.5 Å². The number of nitrogens with one attached hydrogen (secondary N) is 2. The van der Waals surface area contributed by atoms with E-state index in [0.717, 1.165) is 45.0 Å². The highest BCUT2D eigenvalue weighted by Gasteiger charge is 2.25. The Balaban J connectivity index is 1.87. The third-order valence-electron chi connectivity index (χ3n) is 5.31. The Hall–Kier alpha value is -3.60. The van der Waals surface area contributed by atoms with Gasteiger partial charge in [-0.3, -0.25) is 5.32 Å². The van der Waals surface area contributed by atoms with Crippen molar-refractivity contribution >= 4 is 16.7 Å². The number of phenolic OH excluding ortho intramolecular Hbond substituents is 1. The Kier molecular flexibility index (Phi) is 5.27. The van der Waals surface area contributed by atoms with Crippen LogP contribution in [0.25, 0.3) is 10.9 Å². The maximum atomic E-state index is 11.2. The summed E-state index contributed by atoms with van der Waals surface area (Å²) in [6, 6.07) is 19.7. The lowest BCUT2D eigenvalue weighted by molar-refractivity contribution is -0.371. The maximum Gasteiger partial charge on any atom is 0.273 e. The molecule has 0 amide bonds. The number of benzene rings is 2. The van der Waals surface area contributed by atoms with E-state index in [2.05, 4.69) is 21.4 Å². The van der Waals surface area contributed by atoms with E-state index in [1.54, 1.807) is 7.11 Å². The Labute approximate surface area is 176 Å². The lowest BCUT2D eigenvalue weighted by Crippen LogP contribution is -2.21. The first kappa shape index (κ1) is 19.7. The Bertz CT molecular complexity index is 1220. The predicted molar refractivity (Wildman–Crippen MR) is 119 cm³/mol. The molecular weight excluding hydrogens is 374 g/mol. The SMILES string of the molecule is COc1ccc([C@@H](Nc2cccc(C)[nH+]2)c2ccc3ccc(C)nc3c2O)cc1C. The van der Waals surface area contributed by atoms with Crippen molar-refractivity contribution in [2.75, 3.05) is 12.4 Å². The largest absolute Gasteiger partial charge is 0.505 e. The van der Waals surface area contributed by atoms with Gasteiger partial charge >= 0.3 is 0 Å². The monoisotopic (exact) mass is 400 g/mol. The molecule has 2 aromatic heterocycles. The van der Waals surface area contributed by atoms with Gasteiger partial charge in [-0.2, -0.15) is 0 Å². The topological polar surface area (TPSA) is 68.5 Å². The van der Waals surface area contributed by atoms with Crippen LogP contribution >= 0.6 is 0 Å². The molecule has 5 heteroatoms. The molecule has 3 N–H and O–H groups in total. The number of rotatable bonds is 5. The van der Waals surface area contributed by atoms with Gasteiger partial charge < -0.3 is 9.84 Å². The molecule has 0 aliphatic carbocycles. The summed E-state index contributed by atoms with van der Waals surface area (Å²) in [4.78, 5) is 7.92. The molecule has 0 saturated heterocycles. The molecule has 0 saturated carbocycles. The molecule has 0 spiro atoms. The average Bonchev–Trinajstić information content (AvgIpc) is 2.73. The Morgan fingerprint density at radius 2 is 1.80 bits per heavy atom. The number of phenols is 1. The fourth-order valence-corrected chi connectivity index (χ4v) is 3.77. The van der Waals surface area contributed by atoms with Crippen LogP contribution in [-0.4, -0.2) is 17.2 Å². The number of H-pyrrole nitrogens is 1. The number of aryl methyl sites for hydroxylation is 3. The Morgan fingerprint density at radius 3 is 2.53 bits per heavy atom. The van der Waals surface area contributed by atoms with Crippen LogP contribution in [0.1, 0.15) is 34.1 Å². The summed E-state index contributed by atoms with van der Waals surface area (Å²) in [6.45, 7) is 5.96. The van der Waals surface area contributed by atoms with Crippen LogP contribution < -0.4 is 15.0 Å². The number of aromatic amines is 1. The van der Waals surface area contributed by atoms with Crippen molar-refractivity contribution in [1.82, 2.24) is 4.98 Å². The molecule has 0 unspecified atom stereocenters. The maximum absolute atomic E-state index is 11.2. The summed E-state index contributed by atoms with van der Waals surface area (Å²) in [5, 5.41) is 15.6. The first-order chi connectivity index (χ1) is 14.5. The third kappa shape index (κ3) is 3.79. The minimum absolute atomic E-state index is 0.190. The molecule has 152 valence electrons. The zero-order chi connectivity index (χ0) is 21.3. The Morgan fingerprint density at radius 1 is 1.00 bits per heavy atom. The summed E-state index contributed by atoms with van der Waals surface area (Å²) in [7, 11) is 1.67. The number of hydrogen-bond acceptors (Lipinski definition) is 4. The van der Waals surface area contributed by atoms with E-state index in [4.69, 9.17) is 4.74 Å². The van der Waals surface area contributed by atoms with E-state index in [-0.39, 0.29) is 11.8 Å². The number of nitrogens with zero attached hydrogens (tertiary/aromatic N) is 1. The minimum atomic E-state index is -0.278. The fraction of sp³-hybridized carbons (Fsp3) is 0.200. The average molecular weight is 401 g/mol. The van der Waals surface area contributed by atoms with Crippen LogP contribution in [0.15, 0.2) is 60.7 Å². The van der Waals surface area contributed by atoms with E-state index in [0.29, 0.717) is 5.52 Å². The molecule has 0 fully saturated rings. The van der Waals surface area contributed by atoms with Gasteiger partial charge in [-0.25, -0.2) is 9.97 Å². The summed E-state index contributed by atoms with van der Waals surface area (Å²) < 4.78 is 5.43. The van der Waals surface area contributed by atoms with E-state index in [1.165, 1.54) is 0 Å². The van der Waals surface area contributed by atoms with E-state index in [9.17, 15) is 5.11 Å². The van der Waals surface area contributed by atoms with Crippen molar-refractivity contribution in [3.63, 3.8) is 0 Å². The molecule has 2 heterocycles. The summed E-state index contributed by atoms with van der Waals surface area (Å²) >= 11 is 0. The summed E-state index contributed by atoms with van der Waals surface area (Å²) in [5.74, 6) is 1.89. The molecule has 0 radical (unpaired) electrons. The molecule has 2 aromatic carbocycles. The highest BCUT2D eigenvalue weighted by atomic mass is 16.5. The highest BCUT2D eigenvalue weighted by molar-refractivity contribution is 5.86. The number of methoxy groups -OCH3 is 1. The molecule has 4 rings (SSSR count). The molecular formula is C25H26N3O2+. The zero-order valence-electron chi connectivity index (χ0n) is 17.7. The van der Waals surface area contributed by atoms with E-state index < -0.39 is 0 Å². The lowest BCUT2D eigenvalue weighted by atomic mass is 9.94. The number of aromatic hydroxyl groups is 1. The number of pyridine rings is 2. The fourth-order valence-electron chi connectivity index (χ4n) is 3.77. The van der Waals surface area contributed by atoms with Crippen LogP contribution in [0, 0.1) is 20.8 Å². The summed E-state index contributed by atoms with van der Waals surface area (Å²) in [6.07, 6.45) is 0. The number of hydrogen-bond donors (Lipinski definition) is 2. The second-order valence-electron chi connectivity index (χ2n) is 7.58. The van der Waals surface area contributed by atoms with E-state index >= 15 is 0 Å². The van der Waals surface area contributed by atoms with Crippen molar-refractivity contribution in [2.45, 2.75) is 26.8 Å².